The summed E-state index contributed by atoms with van der Waals surface area (Å²) >= 11 is 0. The first-order valence-corrected chi connectivity index (χ1v) is 23.3. The summed E-state index contributed by atoms with van der Waals surface area (Å²) in [6.45, 7) is 11.5. The lowest BCUT2D eigenvalue weighted by Crippen LogP contribution is -2.09. The number of aryl methyl sites for hydroxylation is 1. The average Bonchev–Trinajstić information content (AvgIpc) is 4.23. The zero-order valence-corrected chi connectivity index (χ0v) is 37.4. The molecule has 7 heteroatoms. The van der Waals surface area contributed by atoms with Gasteiger partial charge >= 0.3 is 0 Å². The summed E-state index contributed by atoms with van der Waals surface area (Å²) in [5.74, 6) is 0. The van der Waals surface area contributed by atoms with Gasteiger partial charge in [-0.3, -0.25) is 0 Å². The molecule has 0 aliphatic carbocycles. The van der Waals surface area contributed by atoms with Crippen LogP contribution in [0.3, 0.4) is 0 Å². The molecule has 324 valence electrons. The lowest BCUT2D eigenvalue weighted by Gasteiger charge is -2.25. The monoisotopic (exact) mass is 894 g/mol. The summed E-state index contributed by atoms with van der Waals surface area (Å²) in [6.07, 6.45) is 0. The quantitative estimate of drug-likeness (QED) is 0.165. The number of rotatable bonds is 4. The molecule has 10 aromatic carbocycles. The van der Waals surface area contributed by atoms with Crippen LogP contribution >= 0.6 is 0 Å². The first kappa shape index (κ1) is 38.3. The molecule has 0 aliphatic rings. The molecule has 0 amide bonds. The first-order chi connectivity index (χ1) is 34.6. The van der Waals surface area contributed by atoms with Crippen LogP contribution in [0.15, 0.2) is 201 Å². The smallest absolute Gasteiger partial charge is 0.220 e. The SMILES string of the molecule is [C-]#[N+]c1c(-c2ccccc2)c(C#N)c(-n2c3ccccc3c3ccc4c5ccc(C)cc5oc4c32)c(-c2ccccc2)c1-n1c2c(ccc3c4ccccc4oc32)c2ccc3c4ccccc4oc3c21. The molecule has 0 saturated heterocycles. The molecule has 70 heavy (non-hydrogen) atoms. The summed E-state index contributed by atoms with van der Waals surface area (Å²) in [5.41, 5.74) is 13.4. The van der Waals surface area contributed by atoms with Gasteiger partial charge in [0.1, 0.15) is 22.8 Å². The van der Waals surface area contributed by atoms with Gasteiger partial charge in [0.2, 0.25) is 5.69 Å². The van der Waals surface area contributed by atoms with Gasteiger partial charge in [-0.25, -0.2) is 4.85 Å². The molecular formula is C63H34N4O3. The van der Waals surface area contributed by atoms with E-state index < -0.39 is 0 Å². The van der Waals surface area contributed by atoms with Gasteiger partial charge in [0.05, 0.1) is 45.6 Å². The van der Waals surface area contributed by atoms with Crippen LogP contribution in [0.2, 0.25) is 0 Å². The summed E-state index contributed by atoms with van der Waals surface area (Å²) < 4.78 is 25.5. The fourth-order valence-electron chi connectivity index (χ4n) is 11.5. The fraction of sp³-hybridized carbons (Fsp3) is 0.0159. The number of hydrogen-bond acceptors (Lipinski definition) is 4. The van der Waals surface area contributed by atoms with Crippen LogP contribution in [0.1, 0.15) is 11.1 Å². The van der Waals surface area contributed by atoms with Crippen LogP contribution in [0.4, 0.5) is 5.69 Å². The molecule has 5 heterocycles. The van der Waals surface area contributed by atoms with Crippen molar-refractivity contribution in [3.05, 3.63) is 211 Å². The highest BCUT2D eigenvalue weighted by molar-refractivity contribution is 6.28. The van der Waals surface area contributed by atoms with E-state index in [0.717, 1.165) is 109 Å². The van der Waals surface area contributed by atoms with Crippen molar-refractivity contribution in [1.82, 2.24) is 9.13 Å². The maximum atomic E-state index is 12.0. The maximum absolute atomic E-state index is 12.0. The number of nitrogens with zero attached hydrogens (tertiary/aromatic N) is 4. The molecule has 0 fully saturated rings. The van der Waals surface area contributed by atoms with E-state index in [2.05, 4.69) is 124 Å². The number of furan rings is 3. The lowest BCUT2D eigenvalue weighted by molar-refractivity contribution is 0.669. The van der Waals surface area contributed by atoms with E-state index in [0.29, 0.717) is 50.5 Å². The van der Waals surface area contributed by atoms with Crippen LogP contribution in [0, 0.1) is 24.8 Å². The molecule has 0 radical (unpaired) electrons. The standard InChI is InChI=1S/C63H34N4O3/c1-35-25-26-41-47-30-27-42-38-19-9-12-22-49(38)66(57(42)61(47)70-52(41)33-35)56-48(34-64)53(36-15-5-3-6-16-36)55(65-2)60(54(56)37-17-7-4-8-18-37)67-58-43(28-31-45-39-20-10-13-23-50(39)68-62(45)58)44-29-32-46-40-21-11-14-24-51(40)69-63(46)59(44)67/h3-33H,1H3. The minimum Gasteiger partial charge on any atom is -0.454 e. The average molecular weight is 895 g/mol. The molecule has 0 atom stereocenters. The predicted octanol–water partition coefficient (Wildman–Crippen LogP) is 17.6. The topological polar surface area (TPSA) is 77.4 Å². The van der Waals surface area contributed by atoms with Crippen molar-refractivity contribution in [1.29, 1.82) is 5.26 Å². The molecule has 0 spiro atoms. The van der Waals surface area contributed by atoms with E-state index in [9.17, 15) is 11.8 Å². The highest BCUT2D eigenvalue weighted by Gasteiger charge is 2.34. The van der Waals surface area contributed by atoms with Gasteiger partial charge in [-0.2, -0.15) is 5.26 Å². The fourth-order valence-corrected chi connectivity index (χ4v) is 11.5. The van der Waals surface area contributed by atoms with Gasteiger partial charge in [-0.1, -0.05) is 146 Å². The van der Waals surface area contributed by atoms with Crippen LogP contribution in [-0.2, 0) is 0 Å². The van der Waals surface area contributed by atoms with Crippen LogP contribution < -0.4 is 0 Å². The Labute approximate surface area is 398 Å². The molecule has 5 aromatic heterocycles. The number of para-hydroxylation sites is 3. The van der Waals surface area contributed by atoms with Crippen molar-refractivity contribution < 1.29 is 13.3 Å². The van der Waals surface area contributed by atoms with Crippen molar-refractivity contribution in [2.75, 3.05) is 0 Å². The Kier molecular flexibility index (Phi) is 7.72. The number of hydrogen-bond donors (Lipinski definition) is 0. The second-order valence-electron chi connectivity index (χ2n) is 18.1. The highest BCUT2D eigenvalue weighted by Crippen LogP contribution is 2.54. The maximum Gasteiger partial charge on any atom is 0.220 e. The molecule has 15 rings (SSSR count). The first-order valence-electron chi connectivity index (χ1n) is 23.3. The Hall–Kier alpha value is -9.82. The summed E-state index contributed by atoms with van der Waals surface area (Å²) in [7, 11) is 0. The molecule has 0 unspecified atom stereocenters. The third-order valence-corrected chi connectivity index (χ3v) is 14.4. The summed E-state index contributed by atoms with van der Waals surface area (Å²) in [4.78, 5) is 4.58. The van der Waals surface area contributed by atoms with E-state index in [1.165, 1.54) is 0 Å². The van der Waals surface area contributed by atoms with Gasteiger partial charge in [0.25, 0.3) is 0 Å². The Bertz CT molecular complexity index is 4730. The van der Waals surface area contributed by atoms with Crippen LogP contribution in [0.25, 0.3) is 148 Å². The summed E-state index contributed by atoms with van der Waals surface area (Å²) in [5, 5.41) is 21.7. The molecule has 7 nitrogen and oxygen atoms in total. The number of nitriles is 1. The van der Waals surface area contributed by atoms with E-state index in [1.54, 1.807) is 0 Å². The number of fused-ring (bicyclic) bond motifs is 18. The Morgan fingerprint density at radius 3 is 1.44 bits per heavy atom. The predicted molar refractivity (Wildman–Crippen MR) is 284 cm³/mol. The minimum atomic E-state index is 0.315. The van der Waals surface area contributed by atoms with E-state index in [-0.39, 0.29) is 0 Å². The van der Waals surface area contributed by atoms with Crippen molar-refractivity contribution in [2.24, 2.45) is 0 Å². The van der Waals surface area contributed by atoms with Crippen LogP contribution in [0.5, 0.6) is 0 Å². The molecule has 0 N–H and O–H groups in total. The van der Waals surface area contributed by atoms with Crippen molar-refractivity contribution >= 4 is 115 Å². The van der Waals surface area contributed by atoms with Gasteiger partial charge in [0, 0.05) is 65.0 Å². The second kappa shape index (κ2) is 14.1. The van der Waals surface area contributed by atoms with E-state index in [1.807, 2.05) is 91.0 Å². The van der Waals surface area contributed by atoms with Crippen molar-refractivity contribution in [3.8, 4) is 39.7 Å². The number of aromatic nitrogens is 2. The van der Waals surface area contributed by atoms with Crippen molar-refractivity contribution in [2.45, 2.75) is 6.92 Å². The molecular weight excluding hydrogens is 861 g/mol. The Morgan fingerprint density at radius 1 is 0.429 bits per heavy atom. The third kappa shape index (κ3) is 4.99. The molecule has 15 aromatic rings. The van der Waals surface area contributed by atoms with Crippen LogP contribution in [-0.4, -0.2) is 9.13 Å². The Morgan fingerprint density at radius 2 is 0.871 bits per heavy atom. The third-order valence-electron chi connectivity index (χ3n) is 14.4. The van der Waals surface area contributed by atoms with Gasteiger partial charge < -0.3 is 22.4 Å². The summed E-state index contributed by atoms with van der Waals surface area (Å²) in [6, 6.07) is 66.7. The number of benzene rings is 10. The molecule has 0 saturated carbocycles. The van der Waals surface area contributed by atoms with E-state index in [4.69, 9.17) is 13.3 Å². The zero-order chi connectivity index (χ0) is 46.4. The largest absolute Gasteiger partial charge is 0.454 e. The minimum absolute atomic E-state index is 0.315. The van der Waals surface area contributed by atoms with Gasteiger partial charge in [0.15, 0.2) is 16.7 Å². The van der Waals surface area contributed by atoms with Crippen molar-refractivity contribution in [3.63, 3.8) is 0 Å². The van der Waals surface area contributed by atoms with E-state index >= 15 is 0 Å². The normalized spacial score (nSPS) is 12.0. The zero-order valence-electron chi connectivity index (χ0n) is 37.4. The molecule has 0 aliphatic heterocycles. The Balaban J connectivity index is 1.26. The second-order valence-corrected chi connectivity index (χ2v) is 18.1. The highest BCUT2D eigenvalue weighted by atomic mass is 16.3. The lowest BCUT2D eigenvalue weighted by atomic mass is 9.88. The van der Waals surface area contributed by atoms with Gasteiger partial charge in [-0.05, 0) is 66.1 Å². The molecule has 0 bridgehead atoms. The van der Waals surface area contributed by atoms with Gasteiger partial charge in [-0.15, -0.1) is 0 Å².